The Kier molecular flexibility index (Phi) is 30.7. The summed E-state index contributed by atoms with van der Waals surface area (Å²) >= 11 is 0. The maximum Gasteiger partial charge on any atom is 0.334 e. The number of allylic oxidation sites excluding steroid dienone is 1. The number of carbonyl (C=O) groups is 6. The van der Waals surface area contributed by atoms with Crippen molar-refractivity contribution < 1.29 is 28.8 Å². The van der Waals surface area contributed by atoms with E-state index in [9.17, 15) is 28.8 Å². The van der Waals surface area contributed by atoms with Gasteiger partial charge < -0.3 is 0 Å². The van der Waals surface area contributed by atoms with Crippen LogP contribution in [0, 0.1) is 18.4 Å². The minimum atomic E-state index is -0.256. The highest BCUT2D eigenvalue weighted by atomic mass is 16.1. The number of ketones is 6. The summed E-state index contributed by atoms with van der Waals surface area (Å²) in [6.45, 7) is 14.1. The first kappa shape index (κ1) is 63.5. The number of rotatable bonds is 34. The van der Waals surface area contributed by atoms with Crippen molar-refractivity contribution in [3.8, 4) is 0 Å². The molecule has 6 nitrogen and oxygen atoms in total. The first-order chi connectivity index (χ1) is 38.0. The standard InChI is InChI=1S/C44H50O4.C16H11O2.C12H26/c1-3-5-8-14-34(22-32-42(46)36-25-29-40(30-26-36)44(48)38-17-11-7-12-18-38)20-19-33(13-4-2)21-31-41(45)35-23-27-39(28-24-35)43(47)37-15-9-6-10-16-37;1-2-15(17)12-8-10-14(11-9-12)16(18)13-6-4-3-5-7-13;1-3-5-7-9-11-12-10-8-6-4-2/h6-7,9-12,15-18,23-30,33-34H,3-5,8,13-14,19-22,31-32H2,1-2H3;1-11H;3-12H2,1-2H3/q;+1;. The third-order valence-electron chi connectivity index (χ3n) is 14.5. The molecule has 0 fully saturated rings. The molecule has 410 valence electrons. The van der Waals surface area contributed by atoms with E-state index in [1.807, 2.05) is 54.6 Å². The van der Waals surface area contributed by atoms with Crippen molar-refractivity contribution in [3.63, 3.8) is 0 Å². The average Bonchev–Trinajstić information content (AvgIpc) is 3.50. The molecule has 0 aliphatic heterocycles. The highest BCUT2D eigenvalue weighted by molar-refractivity contribution is 6.11. The topological polar surface area (TPSA) is 102 Å². The van der Waals surface area contributed by atoms with E-state index in [4.69, 9.17) is 6.58 Å². The molecule has 6 rings (SSSR count). The molecule has 0 aliphatic carbocycles. The van der Waals surface area contributed by atoms with Crippen LogP contribution in [0.5, 0.6) is 0 Å². The molecule has 6 heteroatoms. The second kappa shape index (κ2) is 37.7. The van der Waals surface area contributed by atoms with Crippen LogP contribution < -0.4 is 0 Å². The number of unbranched alkanes of at least 4 members (excludes halogenated alkanes) is 11. The van der Waals surface area contributed by atoms with Gasteiger partial charge in [0.25, 0.3) is 0 Å². The van der Waals surface area contributed by atoms with Gasteiger partial charge in [0.1, 0.15) is 5.56 Å². The van der Waals surface area contributed by atoms with Crippen molar-refractivity contribution in [1.29, 1.82) is 0 Å². The molecule has 0 saturated heterocycles. The molecule has 0 aromatic heterocycles. The van der Waals surface area contributed by atoms with Crippen molar-refractivity contribution in [2.24, 2.45) is 11.8 Å². The van der Waals surface area contributed by atoms with Gasteiger partial charge in [-0.2, -0.15) is 4.79 Å². The van der Waals surface area contributed by atoms with Gasteiger partial charge in [-0.15, -0.1) is 0 Å². The summed E-state index contributed by atoms with van der Waals surface area (Å²) in [5.74, 6) is 0.794. The van der Waals surface area contributed by atoms with Gasteiger partial charge in [-0.1, -0.05) is 283 Å². The summed E-state index contributed by atoms with van der Waals surface area (Å²) in [6, 6.07) is 48.0. The number of hydrogen-bond donors (Lipinski definition) is 0. The first-order valence-electron chi connectivity index (χ1n) is 29.3. The van der Waals surface area contributed by atoms with Gasteiger partial charge in [0.05, 0.1) is 6.58 Å². The fraction of sp³-hybridized carbons (Fsp3) is 0.389. The maximum absolute atomic E-state index is 13.2. The van der Waals surface area contributed by atoms with Gasteiger partial charge >= 0.3 is 5.78 Å². The predicted molar refractivity (Wildman–Crippen MR) is 322 cm³/mol. The largest absolute Gasteiger partial charge is 0.334 e. The summed E-state index contributed by atoms with van der Waals surface area (Å²) < 4.78 is 0. The Balaban J connectivity index is 0.000000354. The summed E-state index contributed by atoms with van der Waals surface area (Å²) in [4.78, 5) is 75.2. The van der Waals surface area contributed by atoms with E-state index in [-0.39, 0.29) is 34.7 Å². The molecular weight excluding hydrogens is 961 g/mol. The third kappa shape index (κ3) is 23.3. The molecule has 0 aliphatic rings. The molecule has 0 amide bonds. The quantitative estimate of drug-likeness (QED) is 0.0173. The van der Waals surface area contributed by atoms with Gasteiger partial charge in [0.2, 0.25) is 6.08 Å². The van der Waals surface area contributed by atoms with Crippen molar-refractivity contribution >= 4 is 34.7 Å². The summed E-state index contributed by atoms with van der Waals surface area (Å²) in [6.07, 6.45) is 27.1. The Labute approximate surface area is 468 Å². The molecule has 6 aromatic carbocycles. The van der Waals surface area contributed by atoms with Gasteiger partial charge in [-0.25, -0.2) is 0 Å². The molecule has 0 N–H and O–H groups in total. The smallest absolute Gasteiger partial charge is 0.294 e. The monoisotopic (exact) mass is 1050 g/mol. The van der Waals surface area contributed by atoms with Crippen molar-refractivity contribution in [2.45, 2.75) is 169 Å². The van der Waals surface area contributed by atoms with Crippen LogP contribution in [0.3, 0.4) is 0 Å². The van der Waals surface area contributed by atoms with Crippen LogP contribution in [0.4, 0.5) is 0 Å². The molecule has 0 saturated carbocycles. The highest BCUT2D eigenvalue weighted by Crippen LogP contribution is 2.29. The molecule has 2 unspecified atom stereocenters. The Morgan fingerprint density at radius 2 is 0.590 bits per heavy atom. The van der Waals surface area contributed by atoms with E-state index in [2.05, 4.69) is 27.7 Å². The number of hydrogen-bond acceptors (Lipinski definition) is 6. The zero-order chi connectivity index (χ0) is 56.2. The fourth-order valence-electron chi connectivity index (χ4n) is 9.71. The Hall–Kier alpha value is -7.01. The highest BCUT2D eigenvalue weighted by Gasteiger charge is 2.19. The Morgan fingerprint density at radius 1 is 0.308 bits per heavy atom. The van der Waals surface area contributed by atoms with Crippen molar-refractivity contribution in [2.75, 3.05) is 0 Å². The second-order valence-corrected chi connectivity index (χ2v) is 20.7. The van der Waals surface area contributed by atoms with Crippen LogP contribution >= 0.6 is 0 Å². The van der Waals surface area contributed by atoms with Gasteiger partial charge in [-0.05, 0) is 48.9 Å². The van der Waals surface area contributed by atoms with E-state index in [1.54, 1.807) is 109 Å². The van der Waals surface area contributed by atoms with Gasteiger partial charge in [-0.3, -0.25) is 24.0 Å². The molecule has 0 radical (unpaired) electrons. The lowest BCUT2D eigenvalue weighted by molar-refractivity contribution is 0.0959. The van der Waals surface area contributed by atoms with E-state index in [1.165, 1.54) is 83.5 Å². The molecule has 2 atom stereocenters. The summed E-state index contributed by atoms with van der Waals surface area (Å²) in [5.41, 5.74) is 5.43. The lowest BCUT2D eigenvalue weighted by atomic mass is 9.84. The Bertz CT molecular complexity index is 2660. The van der Waals surface area contributed by atoms with Crippen molar-refractivity contribution in [3.05, 3.63) is 227 Å². The first-order valence-corrected chi connectivity index (χ1v) is 29.3. The van der Waals surface area contributed by atoms with Crippen LogP contribution in [0.15, 0.2) is 170 Å². The summed E-state index contributed by atoms with van der Waals surface area (Å²) in [7, 11) is 0. The van der Waals surface area contributed by atoms with E-state index in [0.717, 1.165) is 51.0 Å². The van der Waals surface area contributed by atoms with Crippen molar-refractivity contribution in [1.82, 2.24) is 0 Å². The van der Waals surface area contributed by atoms with E-state index < -0.39 is 0 Å². The van der Waals surface area contributed by atoms with E-state index in [0.29, 0.717) is 74.7 Å². The van der Waals surface area contributed by atoms with Crippen LogP contribution in [-0.2, 0) is 0 Å². The number of Topliss-reactive ketones (excluding diaryl/α,β-unsaturated/α-hetero) is 2. The third-order valence-corrected chi connectivity index (χ3v) is 14.5. The second-order valence-electron chi connectivity index (χ2n) is 20.7. The summed E-state index contributed by atoms with van der Waals surface area (Å²) in [5, 5.41) is 0. The van der Waals surface area contributed by atoms with Crippen LogP contribution in [-0.4, -0.2) is 34.7 Å². The minimum absolute atomic E-state index is 0.0397. The molecule has 6 aromatic rings. The van der Waals surface area contributed by atoms with Crippen LogP contribution in [0.1, 0.15) is 248 Å². The SMILES string of the molecule is CCCCCC(CCC(=O)c1ccc(C(=O)c2ccccc2)cc1)CCC(CCC)CCC(=O)c1ccc(C(=O)c2ccccc2)cc1.CCCCCCCCCCCC.[CH+]=CC(=O)c1ccc(C(=O)c2ccccc2)cc1. The van der Waals surface area contributed by atoms with Gasteiger partial charge in [0.15, 0.2) is 28.9 Å². The maximum atomic E-state index is 13.2. The lowest BCUT2D eigenvalue weighted by Gasteiger charge is -2.21. The fourth-order valence-corrected chi connectivity index (χ4v) is 9.71. The molecular formula is C72H87O6+. The lowest BCUT2D eigenvalue weighted by Crippen LogP contribution is -2.11. The number of carbonyl (C=O) groups excluding carboxylic acids is 6. The minimum Gasteiger partial charge on any atom is -0.294 e. The number of benzene rings is 6. The van der Waals surface area contributed by atoms with Crippen LogP contribution in [0.25, 0.3) is 0 Å². The Morgan fingerprint density at radius 3 is 0.910 bits per heavy atom. The van der Waals surface area contributed by atoms with Gasteiger partial charge in [0, 0.05) is 57.3 Å². The zero-order valence-electron chi connectivity index (χ0n) is 47.4. The molecule has 0 spiro atoms. The van der Waals surface area contributed by atoms with Crippen LogP contribution in [0.2, 0.25) is 0 Å². The zero-order valence-corrected chi connectivity index (χ0v) is 47.4. The molecule has 0 bridgehead atoms. The van der Waals surface area contributed by atoms with E-state index >= 15 is 0 Å². The predicted octanol–water partition coefficient (Wildman–Crippen LogP) is 19.2. The molecule has 0 heterocycles. The average molecular weight is 1050 g/mol. The molecule has 78 heavy (non-hydrogen) atoms. The normalized spacial score (nSPS) is 11.4.